The summed E-state index contributed by atoms with van der Waals surface area (Å²) in [5, 5.41) is 4.49. The summed E-state index contributed by atoms with van der Waals surface area (Å²) >= 11 is 1.35. The maximum Gasteiger partial charge on any atom is 0.265 e. The molecule has 0 aliphatic carbocycles. The molecule has 1 amide bonds. The smallest absolute Gasteiger partial charge is 0.265 e. The molecule has 3 nitrogen and oxygen atoms in total. The molecule has 0 saturated carbocycles. The zero-order chi connectivity index (χ0) is 13.1. The molecule has 0 spiro atoms. The van der Waals surface area contributed by atoms with Gasteiger partial charge in [-0.15, -0.1) is 11.3 Å². The van der Waals surface area contributed by atoms with Crippen LogP contribution in [-0.2, 0) is 0 Å². The molecule has 1 aromatic carbocycles. The van der Waals surface area contributed by atoms with Crippen LogP contribution in [0.3, 0.4) is 0 Å². The van der Waals surface area contributed by atoms with Crippen molar-refractivity contribution in [1.29, 1.82) is 0 Å². The van der Waals surface area contributed by atoms with Gasteiger partial charge in [-0.2, -0.15) is 0 Å². The number of nitrogens with zero attached hydrogens (tertiary/aromatic N) is 1. The number of rotatable bonds is 3. The third-order valence-corrected chi connectivity index (χ3v) is 3.30. The highest BCUT2D eigenvalue weighted by Gasteiger charge is 2.09. The summed E-state index contributed by atoms with van der Waals surface area (Å²) in [6, 6.07) is 8.17. The van der Waals surface area contributed by atoms with Crippen LogP contribution in [0.15, 0.2) is 35.7 Å². The first-order valence-corrected chi connectivity index (χ1v) is 6.27. The van der Waals surface area contributed by atoms with Crippen LogP contribution < -0.4 is 10.2 Å². The largest absolute Gasteiger partial charge is 0.375 e. The molecule has 1 heterocycles. The third-order valence-electron chi connectivity index (χ3n) is 2.43. The predicted octanol–water partition coefficient (Wildman–Crippen LogP) is 3.21. The Hall–Kier alpha value is -1.88. The van der Waals surface area contributed by atoms with Crippen molar-refractivity contribution in [3.05, 3.63) is 46.4 Å². The predicted molar refractivity (Wildman–Crippen MR) is 73.0 cm³/mol. The van der Waals surface area contributed by atoms with Crippen LogP contribution in [0.2, 0.25) is 0 Å². The number of hydrogen-bond acceptors (Lipinski definition) is 3. The molecular weight excluding hydrogens is 251 g/mol. The van der Waals surface area contributed by atoms with Crippen LogP contribution in [0.1, 0.15) is 9.67 Å². The van der Waals surface area contributed by atoms with Crippen molar-refractivity contribution in [3.63, 3.8) is 0 Å². The normalized spacial score (nSPS) is 10.2. The number of amides is 1. The number of carbonyl (C=O) groups excluding carboxylic acids is 1. The molecule has 5 heteroatoms. The molecule has 0 aliphatic heterocycles. The molecule has 0 saturated heterocycles. The van der Waals surface area contributed by atoms with E-state index in [1.807, 2.05) is 5.38 Å². The molecule has 2 aromatic rings. The average molecular weight is 264 g/mol. The third kappa shape index (κ3) is 2.68. The maximum atomic E-state index is 13.7. The number of thiophene rings is 1. The molecule has 94 valence electrons. The Balaban J connectivity index is 2.16. The summed E-state index contributed by atoms with van der Waals surface area (Å²) < 4.78 is 13.7. The van der Waals surface area contributed by atoms with Crippen LogP contribution in [0.5, 0.6) is 0 Å². The number of hydrogen-bond donors (Lipinski definition) is 1. The van der Waals surface area contributed by atoms with Gasteiger partial charge in [0, 0.05) is 19.8 Å². The summed E-state index contributed by atoms with van der Waals surface area (Å²) in [7, 11) is 3.53. The Kier molecular flexibility index (Phi) is 3.62. The lowest BCUT2D eigenvalue weighted by molar-refractivity contribution is 0.103. The second kappa shape index (κ2) is 5.18. The summed E-state index contributed by atoms with van der Waals surface area (Å²) in [5.41, 5.74) is 0.945. The highest BCUT2D eigenvalue weighted by atomic mass is 32.1. The van der Waals surface area contributed by atoms with Crippen LogP contribution in [0, 0.1) is 5.82 Å². The van der Waals surface area contributed by atoms with Gasteiger partial charge >= 0.3 is 0 Å². The Morgan fingerprint density at radius 2 is 2.11 bits per heavy atom. The van der Waals surface area contributed by atoms with E-state index in [0.717, 1.165) is 0 Å². The van der Waals surface area contributed by atoms with E-state index in [1.54, 1.807) is 43.3 Å². The van der Waals surface area contributed by atoms with Crippen molar-refractivity contribution in [1.82, 2.24) is 0 Å². The van der Waals surface area contributed by atoms with Gasteiger partial charge in [0.05, 0.1) is 10.6 Å². The molecular formula is C13H13FN2OS. The lowest BCUT2D eigenvalue weighted by Gasteiger charge is -2.14. The molecule has 0 radical (unpaired) electrons. The van der Waals surface area contributed by atoms with E-state index in [2.05, 4.69) is 5.32 Å². The van der Waals surface area contributed by atoms with Crippen LogP contribution in [0.4, 0.5) is 15.8 Å². The minimum absolute atomic E-state index is 0.220. The minimum atomic E-state index is -0.357. The van der Waals surface area contributed by atoms with Gasteiger partial charge in [0.15, 0.2) is 0 Å². The SMILES string of the molecule is CN(C)c1ccc(NC(=O)c2cccs2)cc1F. The molecule has 2 rings (SSSR count). The lowest BCUT2D eigenvalue weighted by Crippen LogP contribution is -2.13. The van der Waals surface area contributed by atoms with E-state index in [1.165, 1.54) is 17.4 Å². The molecule has 0 aliphatic rings. The Bertz CT molecular complexity index is 552. The van der Waals surface area contributed by atoms with E-state index in [0.29, 0.717) is 16.3 Å². The van der Waals surface area contributed by atoms with Crippen molar-refractivity contribution in [2.24, 2.45) is 0 Å². The van der Waals surface area contributed by atoms with Gasteiger partial charge < -0.3 is 10.2 Å². The van der Waals surface area contributed by atoms with Gasteiger partial charge in [0.2, 0.25) is 0 Å². The zero-order valence-electron chi connectivity index (χ0n) is 10.1. The number of benzene rings is 1. The van der Waals surface area contributed by atoms with Gasteiger partial charge in [0.25, 0.3) is 5.91 Å². The summed E-state index contributed by atoms with van der Waals surface area (Å²) in [4.78, 5) is 14.1. The van der Waals surface area contributed by atoms with Crippen molar-refractivity contribution >= 4 is 28.6 Å². The number of nitrogens with one attached hydrogen (secondary N) is 1. The quantitative estimate of drug-likeness (QED) is 0.923. The molecule has 0 atom stereocenters. The Labute approximate surface area is 109 Å². The molecule has 18 heavy (non-hydrogen) atoms. The molecule has 0 bridgehead atoms. The first kappa shape index (κ1) is 12.6. The van der Waals surface area contributed by atoms with Crippen molar-refractivity contribution in [3.8, 4) is 0 Å². The van der Waals surface area contributed by atoms with E-state index in [-0.39, 0.29) is 11.7 Å². The maximum absolute atomic E-state index is 13.7. The van der Waals surface area contributed by atoms with Gasteiger partial charge in [-0.1, -0.05) is 6.07 Å². The standard InChI is InChI=1S/C13H13FN2OS/c1-16(2)11-6-5-9(8-10(11)14)15-13(17)12-4-3-7-18-12/h3-8H,1-2H3,(H,15,17). The fourth-order valence-corrected chi connectivity index (χ4v) is 2.17. The van der Waals surface area contributed by atoms with Gasteiger partial charge in [0.1, 0.15) is 5.82 Å². The average Bonchev–Trinajstić information content (AvgIpc) is 2.81. The Morgan fingerprint density at radius 3 is 2.67 bits per heavy atom. The van der Waals surface area contributed by atoms with Gasteiger partial charge in [-0.05, 0) is 29.6 Å². The molecule has 1 N–H and O–H groups in total. The molecule has 0 unspecified atom stereocenters. The van der Waals surface area contributed by atoms with E-state index >= 15 is 0 Å². The summed E-state index contributed by atoms with van der Waals surface area (Å²) in [6.45, 7) is 0. The second-order valence-corrected chi connectivity index (χ2v) is 4.94. The Morgan fingerprint density at radius 1 is 1.33 bits per heavy atom. The number of carbonyl (C=O) groups is 1. The second-order valence-electron chi connectivity index (χ2n) is 3.99. The number of anilines is 2. The van der Waals surface area contributed by atoms with Crippen LogP contribution in [-0.4, -0.2) is 20.0 Å². The first-order valence-electron chi connectivity index (χ1n) is 5.39. The van der Waals surface area contributed by atoms with Gasteiger partial charge in [-0.3, -0.25) is 4.79 Å². The molecule has 0 fully saturated rings. The number of halogens is 1. The van der Waals surface area contributed by atoms with Crippen molar-refractivity contribution in [2.45, 2.75) is 0 Å². The lowest BCUT2D eigenvalue weighted by atomic mass is 10.2. The zero-order valence-corrected chi connectivity index (χ0v) is 10.9. The monoisotopic (exact) mass is 264 g/mol. The van der Waals surface area contributed by atoms with Crippen molar-refractivity contribution < 1.29 is 9.18 Å². The highest BCUT2D eigenvalue weighted by molar-refractivity contribution is 7.12. The molecule has 1 aromatic heterocycles. The van der Waals surface area contributed by atoms with Gasteiger partial charge in [-0.25, -0.2) is 4.39 Å². The van der Waals surface area contributed by atoms with Crippen LogP contribution >= 0.6 is 11.3 Å². The van der Waals surface area contributed by atoms with Crippen molar-refractivity contribution in [2.75, 3.05) is 24.3 Å². The van der Waals surface area contributed by atoms with E-state index < -0.39 is 0 Å². The minimum Gasteiger partial charge on any atom is -0.375 e. The topological polar surface area (TPSA) is 32.3 Å². The summed E-state index contributed by atoms with van der Waals surface area (Å²) in [5.74, 6) is -0.578. The summed E-state index contributed by atoms with van der Waals surface area (Å²) in [6.07, 6.45) is 0. The first-order chi connectivity index (χ1) is 8.58. The van der Waals surface area contributed by atoms with E-state index in [4.69, 9.17) is 0 Å². The highest BCUT2D eigenvalue weighted by Crippen LogP contribution is 2.21. The van der Waals surface area contributed by atoms with E-state index in [9.17, 15) is 9.18 Å². The fourth-order valence-electron chi connectivity index (χ4n) is 1.55. The fraction of sp³-hybridized carbons (Fsp3) is 0.154. The van der Waals surface area contributed by atoms with Crippen LogP contribution in [0.25, 0.3) is 0 Å².